The number of benzene rings is 2. The maximum absolute atomic E-state index is 12.9. The van der Waals surface area contributed by atoms with Crippen molar-refractivity contribution in [2.24, 2.45) is 5.10 Å². The Labute approximate surface area is 208 Å². The van der Waals surface area contributed by atoms with Crippen molar-refractivity contribution in [3.63, 3.8) is 0 Å². The minimum Gasteiger partial charge on any atom is -0.284 e. The van der Waals surface area contributed by atoms with Gasteiger partial charge in [0.05, 0.1) is 16.8 Å². The molecule has 0 aliphatic carbocycles. The lowest BCUT2D eigenvalue weighted by molar-refractivity contribution is -0.119. The Balaban J connectivity index is 0.000000913. The largest absolute Gasteiger partial charge is 0.284 e. The predicted molar refractivity (Wildman–Crippen MR) is 133 cm³/mol. The van der Waals surface area contributed by atoms with Gasteiger partial charge >= 0.3 is 0 Å². The fraction of sp³-hybridized carbons (Fsp3) is 0.318. The number of nitriles is 1. The number of anilines is 1. The fourth-order valence-corrected chi connectivity index (χ4v) is 4.32. The van der Waals surface area contributed by atoms with Crippen molar-refractivity contribution in [2.75, 3.05) is 18.1 Å². The molecule has 6 nitrogen and oxygen atoms in total. The molecule has 4 rings (SSSR count). The highest BCUT2D eigenvalue weighted by Crippen LogP contribution is 2.39. The van der Waals surface area contributed by atoms with Crippen molar-refractivity contribution in [1.82, 2.24) is 10.4 Å². The number of amides is 1. The quantitative estimate of drug-likeness (QED) is 0.399. The number of thiol groups is 1. The van der Waals surface area contributed by atoms with Crippen LogP contribution in [0.3, 0.4) is 0 Å². The van der Waals surface area contributed by atoms with E-state index in [2.05, 4.69) is 23.2 Å². The minimum atomic E-state index is -0.168. The number of nitrogens with one attached hydrogen (secondary N) is 1. The molecule has 1 atom stereocenters. The maximum Gasteiger partial charge on any atom is 0.281 e. The Morgan fingerprint density at radius 2 is 1.69 bits per heavy atom. The molecular weight excluding hydrogens is 489 g/mol. The van der Waals surface area contributed by atoms with Crippen molar-refractivity contribution < 1.29 is 4.79 Å². The number of piperidine rings is 1. The summed E-state index contributed by atoms with van der Waals surface area (Å²) in [6, 6.07) is 12.7. The van der Waals surface area contributed by atoms with Crippen LogP contribution in [0.15, 0.2) is 47.6 Å². The molecule has 1 fully saturated rings. The van der Waals surface area contributed by atoms with Crippen molar-refractivity contribution in [3.8, 4) is 5.40 Å². The Hall–Kier alpha value is -1.95. The van der Waals surface area contributed by atoms with Crippen LogP contribution in [-0.2, 0) is 4.79 Å². The molecule has 2 aromatic carbocycles. The molecule has 1 N–H and O–H groups in total. The number of hydrazone groups is 1. The first kappa shape index (κ1) is 24.7. The molecule has 0 aromatic heterocycles. The third-order valence-corrected chi connectivity index (χ3v) is 5.99. The van der Waals surface area contributed by atoms with E-state index in [1.807, 2.05) is 35.3 Å². The zero-order valence-corrected chi connectivity index (χ0v) is 20.3. The lowest BCUT2D eigenvalue weighted by Gasteiger charge is -2.26. The third-order valence-electron chi connectivity index (χ3n) is 5.20. The van der Waals surface area contributed by atoms with E-state index in [0.29, 0.717) is 32.9 Å². The summed E-state index contributed by atoms with van der Waals surface area (Å²) in [5.41, 5.74) is 5.18. The van der Waals surface area contributed by atoms with Gasteiger partial charge in [0.15, 0.2) is 0 Å². The summed E-state index contributed by atoms with van der Waals surface area (Å²) in [5, 5.41) is 18.7. The van der Waals surface area contributed by atoms with Crippen LogP contribution < -0.4 is 10.4 Å². The van der Waals surface area contributed by atoms with Gasteiger partial charge < -0.3 is 0 Å². The number of nitrogens with zero attached hydrogens (tertiary/aromatic N) is 4. The Morgan fingerprint density at radius 3 is 2.31 bits per heavy atom. The molecule has 1 saturated heterocycles. The Bertz CT molecular complexity index is 1020. The minimum absolute atomic E-state index is 0.159. The van der Waals surface area contributed by atoms with Crippen molar-refractivity contribution in [3.05, 3.63) is 63.1 Å². The first-order valence-electron chi connectivity index (χ1n) is 10.1. The topological polar surface area (TPSA) is 71.7 Å². The van der Waals surface area contributed by atoms with E-state index in [-0.39, 0.29) is 11.9 Å². The standard InChI is InChI=1S/C21H21Cl3N4O.CHNS/c22-15-6-4-14(5-7-15)20-13-18(21(29)26-27-10-2-1-3-11-27)25-28(20)19-9-8-16(23)12-17(19)24;2-1-3/h4-9,12,20H,1-3,10-11,13H2,(H,26,29);3H. The predicted octanol–water partition coefficient (Wildman–Crippen LogP) is 5.87. The molecule has 0 bridgehead atoms. The molecule has 0 spiro atoms. The third kappa shape index (κ3) is 6.31. The van der Waals surface area contributed by atoms with Crippen LogP contribution in [0.25, 0.3) is 0 Å². The van der Waals surface area contributed by atoms with E-state index in [9.17, 15) is 4.79 Å². The normalized spacial score (nSPS) is 18.3. The van der Waals surface area contributed by atoms with Gasteiger partial charge in [-0.15, -0.1) is 0 Å². The van der Waals surface area contributed by atoms with Crippen molar-refractivity contribution in [2.45, 2.75) is 31.7 Å². The number of carbonyl (C=O) groups excluding carboxylic acids is 1. The van der Waals surface area contributed by atoms with Crippen LogP contribution in [0.4, 0.5) is 5.69 Å². The van der Waals surface area contributed by atoms with Crippen LogP contribution in [-0.4, -0.2) is 29.7 Å². The van der Waals surface area contributed by atoms with Crippen LogP contribution in [0.1, 0.15) is 37.3 Å². The summed E-state index contributed by atoms with van der Waals surface area (Å²) >= 11 is 21.7. The van der Waals surface area contributed by atoms with Crippen LogP contribution in [0.2, 0.25) is 15.1 Å². The molecule has 168 valence electrons. The van der Waals surface area contributed by atoms with E-state index in [1.54, 1.807) is 17.1 Å². The lowest BCUT2D eigenvalue weighted by Crippen LogP contribution is -2.47. The molecule has 32 heavy (non-hydrogen) atoms. The maximum atomic E-state index is 12.9. The van der Waals surface area contributed by atoms with Crippen LogP contribution >= 0.6 is 47.4 Å². The number of thiocyanates is 1. The van der Waals surface area contributed by atoms with Gasteiger partial charge in [0.2, 0.25) is 0 Å². The molecule has 2 aliphatic rings. The number of hydrogen-bond acceptors (Lipinski definition) is 6. The molecule has 2 aliphatic heterocycles. The highest BCUT2D eigenvalue weighted by molar-refractivity contribution is 7.85. The Kier molecular flexibility index (Phi) is 9.09. The van der Waals surface area contributed by atoms with Gasteiger partial charge in [-0.2, -0.15) is 10.4 Å². The fourth-order valence-electron chi connectivity index (χ4n) is 3.69. The zero-order valence-electron chi connectivity index (χ0n) is 17.1. The van der Waals surface area contributed by atoms with Crippen LogP contribution in [0, 0.1) is 10.7 Å². The Morgan fingerprint density at radius 1 is 1.06 bits per heavy atom. The number of hydrazine groups is 1. The zero-order chi connectivity index (χ0) is 23.1. The van der Waals surface area contributed by atoms with Gasteiger partial charge in [-0.25, -0.2) is 5.01 Å². The number of hydrogen-bond donors (Lipinski definition) is 2. The molecule has 0 saturated carbocycles. The van der Waals surface area contributed by atoms with Crippen molar-refractivity contribution >= 4 is 64.7 Å². The number of carbonyl (C=O) groups is 1. The molecule has 2 heterocycles. The lowest BCUT2D eigenvalue weighted by atomic mass is 10.0. The second-order valence-electron chi connectivity index (χ2n) is 7.35. The molecule has 1 amide bonds. The SMILES string of the molecule is N#CS.O=C(NN1CCCCC1)C1=NN(c2ccc(Cl)cc2Cl)C(c2ccc(Cl)cc2)C1. The first-order valence-corrected chi connectivity index (χ1v) is 11.7. The summed E-state index contributed by atoms with van der Waals surface area (Å²) < 4.78 is 0. The first-order chi connectivity index (χ1) is 15.4. The molecule has 1 unspecified atom stereocenters. The smallest absolute Gasteiger partial charge is 0.281 e. The van der Waals surface area contributed by atoms with E-state index >= 15 is 0 Å². The van der Waals surface area contributed by atoms with Gasteiger partial charge in [0.1, 0.15) is 11.1 Å². The summed E-state index contributed by atoms with van der Waals surface area (Å²) in [4.78, 5) is 12.9. The van der Waals surface area contributed by atoms with Gasteiger partial charge in [-0.1, -0.05) is 66.0 Å². The second-order valence-corrected chi connectivity index (χ2v) is 8.83. The van der Waals surface area contributed by atoms with Gasteiger partial charge in [0.25, 0.3) is 5.91 Å². The van der Waals surface area contributed by atoms with Crippen molar-refractivity contribution in [1.29, 1.82) is 5.26 Å². The highest BCUT2D eigenvalue weighted by Gasteiger charge is 2.34. The van der Waals surface area contributed by atoms with Gasteiger partial charge in [-0.05, 0) is 48.7 Å². The highest BCUT2D eigenvalue weighted by atomic mass is 35.5. The summed E-state index contributed by atoms with van der Waals surface area (Å²) in [6.45, 7) is 1.73. The van der Waals surface area contributed by atoms with E-state index in [1.165, 1.54) is 11.8 Å². The monoisotopic (exact) mass is 509 g/mol. The van der Waals surface area contributed by atoms with E-state index in [0.717, 1.165) is 31.5 Å². The molecule has 0 radical (unpaired) electrons. The molecular formula is C22H22Cl3N5OS. The second kappa shape index (κ2) is 11.8. The summed E-state index contributed by atoms with van der Waals surface area (Å²) in [5.74, 6) is -0.168. The number of rotatable bonds is 4. The molecule has 10 heteroatoms. The summed E-state index contributed by atoms with van der Waals surface area (Å²) in [7, 11) is 0. The van der Waals surface area contributed by atoms with E-state index in [4.69, 9.17) is 40.1 Å². The van der Waals surface area contributed by atoms with Crippen LogP contribution in [0.5, 0.6) is 0 Å². The average molecular weight is 511 g/mol. The van der Waals surface area contributed by atoms with Gasteiger partial charge in [0, 0.05) is 29.6 Å². The van der Waals surface area contributed by atoms with E-state index < -0.39 is 0 Å². The average Bonchev–Trinajstić information content (AvgIpc) is 3.21. The molecule has 2 aromatic rings. The number of halogens is 3. The summed E-state index contributed by atoms with van der Waals surface area (Å²) in [6.07, 6.45) is 3.86. The van der Waals surface area contributed by atoms with Gasteiger partial charge in [-0.3, -0.25) is 15.2 Å².